The Bertz CT molecular complexity index is 1460. The highest BCUT2D eigenvalue weighted by Crippen LogP contribution is 2.36. The number of thioether (sulfide) groups is 1. The number of benzene rings is 3. The van der Waals surface area contributed by atoms with Gasteiger partial charge in [-0.3, -0.25) is 19.3 Å². The fraction of sp³-hybridized carbons (Fsp3) is 0.207. The number of ether oxygens (including phenoxy) is 2. The Morgan fingerprint density at radius 1 is 1.05 bits per heavy atom. The number of anilines is 1. The van der Waals surface area contributed by atoms with Crippen LogP contribution < -0.4 is 14.8 Å². The summed E-state index contributed by atoms with van der Waals surface area (Å²) in [7, 11) is 0. The zero-order chi connectivity index (χ0) is 28.1. The van der Waals surface area contributed by atoms with E-state index < -0.39 is 17.0 Å². The summed E-state index contributed by atoms with van der Waals surface area (Å²) in [5.41, 5.74) is 3.53. The SMILES string of the molecule is CCOc1cc(/C=C2\SC(=O)N(Cc3c(F)cccc3Cl)C2=O)ccc1OCC(=O)Nc1ccc(C)c(C)c1. The Balaban J connectivity index is 1.46. The second kappa shape index (κ2) is 12.4. The van der Waals surface area contributed by atoms with E-state index in [1.54, 1.807) is 24.3 Å². The van der Waals surface area contributed by atoms with Gasteiger partial charge in [-0.1, -0.05) is 29.8 Å². The molecule has 1 aliphatic rings. The number of halogens is 2. The molecule has 3 aromatic rings. The molecule has 3 amide bonds. The lowest BCUT2D eigenvalue weighted by Gasteiger charge is -2.14. The molecule has 0 unspecified atom stereocenters. The Morgan fingerprint density at radius 3 is 2.56 bits per heavy atom. The molecule has 202 valence electrons. The Kier molecular flexibility index (Phi) is 8.93. The maximum atomic E-state index is 14.2. The first-order valence-corrected chi connectivity index (χ1v) is 13.3. The third-order valence-electron chi connectivity index (χ3n) is 5.97. The van der Waals surface area contributed by atoms with Crippen LogP contribution >= 0.6 is 23.4 Å². The van der Waals surface area contributed by atoms with Gasteiger partial charge in [-0.15, -0.1) is 0 Å². The van der Waals surface area contributed by atoms with Crippen molar-refractivity contribution >= 4 is 52.2 Å². The van der Waals surface area contributed by atoms with Crippen LogP contribution in [0.3, 0.4) is 0 Å². The monoisotopic (exact) mass is 568 g/mol. The summed E-state index contributed by atoms with van der Waals surface area (Å²) in [5, 5.41) is 2.42. The van der Waals surface area contributed by atoms with E-state index in [4.69, 9.17) is 21.1 Å². The zero-order valence-electron chi connectivity index (χ0n) is 21.5. The predicted octanol–water partition coefficient (Wildman–Crippen LogP) is 6.75. The standard InChI is InChI=1S/C29H26ClFN2O5S/c1-4-37-25-13-19(9-11-24(25)38-16-27(34)32-20-10-8-17(2)18(3)12-20)14-26-28(35)33(29(36)39-26)15-21-22(30)6-5-7-23(21)31/h5-14H,4,15-16H2,1-3H3,(H,32,34)/b26-14-. The number of carbonyl (C=O) groups excluding carboxylic acids is 3. The maximum absolute atomic E-state index is 14.2. The minimum Gasteiger partial charge on any atom is -0.490 e. The molecule has 0 radical (unpaired) electrons. The first kappa shape index (κ1) is 28.2. The van der Waals surface area contributed by atoms with Gasteiger partial charge < -0.3 is 14.8 Å². The summed E-state index contributed by atoms with van der Waals surface area (Å²) >= 11 is 6.82. The number of nitrogens with one attached hydrogen (secondary N) is 1. The molecule has 0 atom stereocenters. The fourth-order valence-corrected chi connectivity index (χ4v) is 4.85. The van der Waals surface area contributed by atoms with Crippen molar-refractivity contribution in [1.29, 1.82) is 0 Å². The number of hydrogen-bond acceptors (Lipinski definition) is 6. The van der Waals surface area contributed by atoms with E-state index in [0.717, 1.165) is 27.8 Å². The van der Waals surface area contributed by atoms with Crippen molar-refractivity contribution in [3.05, 3.63) is 92.6 Å². The van der Waals surface area contributed by atoms with Crippen LogP contribution in [0.2, 0.25) is 5.02 Å². The number of carbonyl (C=O) groups is 3. The summed E-state index contributed by atoms with van der Waals surface area (Å²) in [6.07, 6.45) is 1.55. The average Bonchev–Trinajstić information content (AvgIpc) is 3.15. The number of amides is 3. The van der Waals surface area contributed by atoms with Gasteiger partial charge in [0.1, 0.15) is 5.82 Å². The van der Waals surface area contributed by atoms with Crippen molar-refractivity contribution in [3.63, 3.8) is 0 Å². The van der Waals surface area contributed by atoms with E-state index in [1.165, 1.54) is 18.2 Å². The van der Waals surface area contributed by atoms with E-state index in [0.29, 0.717) is 29.4 Å². The normalized spacial score (nSPS) is 14.2. The maximum Gasteiger partial charge on any atom is 0.293 e. The van der Waals surface area contributed by atoms with Gasteiger partial charge in [0.05, 0.1) is 18.1 Å². The molecule has 0 aromatic heterocycles. The average molecular weight is 569 g/mol. The van der Waals surface area contributed by atoms with Crippen molar-refractivity contribution in [2.75, 3.05) is 18.5 Å². The summed E-state index contributed by atoms with van der Waals surface area (Å²) in [5.74, 6) is -0.738. The van der Waals surface area contributed by atoms with Crippen molar-refractivity contribution in [1.82, 2.24) is 4.90 Å². The van der Waals surface area contributed by atoms with Crippen molar-refractivity contribution in [2.45, 2.75) is 27.3 Å². The molecule has 39 heavy (non-hydrogen) atoms. The van der Waals surface area contributed by atoms with E-state index in [-0.39, 0.29) is 34.6 Å². The molecule has 10 heteroatoms. The topological polar surface area (TPSA) is 84.9 Å². The first-order chi connectivity index (χ1) is 18.7. The summed E-state index contributed by atoms with van der Waals surface area (Å²) in [4.78, 5) is 39.0. The van der Waals surface area contributed by atoms with Gasteiger partial charge in [0.2, 0.25) is 0 Å². The van der Waals surface area contributed by atoms with Crippen molar-refractivity contribution < 1.29 is 28.2 Å². The highest BCUT2D eigenvalue weighted by molar-refractivity contribution is 8.18. The Morgan fingerprint density at radius 2 is 1.85 bits per heavy atom. The van der Waals surface area contributed by atoms with Crippen LogP contribution in [0.4, 0.5) is 14.9 Å². The second-order valence-electron chi connectivity index (χ2n) is 8.74. The van der Waals surface area contributed by atoms with Gasteiger partial charge >= 0.3 is 0 Å². The summed E-state index contributed by atoms with van der Waals surface area (Å²) < 4.78 is 25.6. The van der Waals surface area contributed by atoms with Gasteiger partial charge in [-0.25, -0.2) is 4.39 Å². The quantitative estimate of drug-likeness (QED) is 0.287. The molecule has 0 spiro atoms. The summed E-state index contributed by atoms with van der Waals surface area (Å²) in [6.45, 7) is 5.61. The zero-order valence-corrected chi connectivity index (χ0v) is 23.1. The molecule has 1 N–H and O–H groups in total. The van der Waals surface area contributed by atoms with Crippen LogP contribution in [-0.2, 0) is 16.1 Å². The molecule has 1 saturated heterocycles. The molecular formula is C29H26ClFN2O5S. The van der Waals surface area contributed by atoms with Crippen LogP contribution in [-0.4, -0.2) is 35.2 Å². The minimum atomic E-state index is -0.592. The second-order valence-corrected chi connectivity index (χ2v) is 10.1. The lowest BCUT2D eigenvalue weighted by atomic mass is 10.1. The molecule has 1 fully saturated rings. The van der Waals surface area contributed by atoms with Crippen LogP contribution in [0.25, 0.3) is 6.08 Å². The van der Waals surface area contributed by atoms with Gasteiger partial charge in [0.25, 0.3) is 17.1 Å². The van der Waals surface area contributed by atoms with Gasteiger partial charge in [0.15, 0.2) is 18.1 Å². The Labute approximate surface area is 234 Å². The number of rotatable bonds is 9. The highest BCUT2D eigenvalue weighted by atomic mass is 35.5. The highest BCUT2D eigenvalue weighted by Gasteiger charge is 2.36. The molecule has 3 aromatic carbocycles. The van der Waals surface area contributed by atoms with Crippen LogP contribution in [0, 0.1) is 19.7 Å². The van der Waals surface area contributed by atoms with Gasteiger partial charge in [-0.05, 0) is 91.7 Å². The third kappa shape index (κ3) is 6.79. The van der Waals surface area contributed by atoms with Crippen molar-refractivity contribution in [3.8, 4) is 11.5 Å². The number of nitrogens with zero attached hydrogens (tertiary/aromatic N) is 1. The number of aryl methyl sites for hydroxylation is 2. The van der Waals surface area contributed by atoms with E-state index >= 15 is 0 Å². The van der Waals surface area contributed by atoms with Gasteiger partial charge in [0, 0.05) is 16.3 Å². The molecule has 1 aliphatic heterocycles. The fourth-order valence-electron chi connectivity index (χ4n) is 3.79. The largest absolute Gasteiger partial charge is 0.490 e. The predicted molar refractivity (Wildman–Crippen MR) is 151 cm³/mol. The Hall–Kier alpha value is -3.82. The molecular weight excluding hydrogens is 543 g/mol. The number of imide groups is 1. The van der Waals surface area contributed by atoms with E-state index in [9.17, 15) is 18.8 Å². The summed E-state index contributed by atoms with van der Waals surface area (Å²) in [6, 6.07) is 14.8. The third-order valence-corrected chi connectivity index (χ3v) is 7.23. The number of hydrogen-bond donors (Lipinski definition) is 1. The van der Waals surface area contributed by atoms with Crippen molar-refractivity contribution in [2.24, 2.45) is 0 Å². The van der Waals surface area contributed by atoms with Crippen LogP contribution in [0.5, 0.6) is 11.5 Å². The molecule has 4 rings (SSSR count). The van der Waals surface area contributed by atoms with Gasteiger partial charge in [-0.2, -0.15) is 0 Å². The van der Waals surface area contributed by atoms with Crippen LogP contribution in [0.15, 0.2) is 59.5 Å². The molecule has 0 bridgehead atoms. The molecule has 0 saturated carbocycles. The minimum absolute atomic E-state index is 0.0735. The molecule has 7 nitrogen and oxygen atoms in total. The smallest absolute Gasteiger partial charge is 0.293 e. The molecule has 1 heterocycles. The lowest BCUT2D eigenvalue weighted by Crippen LogP contribution is -2.28. The van der Waals surface area contributed by atoms with E-state index in [1.807, 2.05) is 39.0 Å². The van der Waals surface area contributed by atoms with Crippen LogP contribution in [0.1, 0.15) is 29.2 Å². The molecule has 0 aliphatic carbocycles. The lowest BCUT2D eigenvalue weighted by molar-refractivity contribution is -0.123. The van der Waals surface area contributed by atoms with E-state index in [2.05, 4.69) is 5.32 Å². The first-order valence-electron chi connectivity index (χ1n) is 12.1.